The second-order valence-electron chi connectivity index (χ2n) is 5.62. The number of thiophene rings is 1. The van der Waals surface area contributed by atoms with Gasteiger partial charge in [-0.1, -0.05) is 47.5 Å². The monoisotopic (exact) mass is 365 g/mol. The van der Waals surface area contributed by atoms with Crippen molar-refractivity contribution in [1.82, 2.24) is 10.3 Å². The minimum atomic E-state index is -0.190. The SMILES string of the molecule is NC1c2ccccc2C[C@H]1NC(=O)c1cc2sc(Cl)c(Cl)c2[nH]1. The number of carbonyl (C=O) groups is 1. The van der Waals surface area contributed by atoms with Gasteiger partial charge in [-0.3, -0.25) is 4.79 Å². The minimum absolute atomic E-state index is 0.111. The van der Waals surface area contributed by atoms with E-state index in [9.17, 15) is 4.79 Å². The van der Waals surface area contributed by atoms with Crippen molar-refractivity contribution < 1.29 is 4.79 Å². The first-order valence-electron chi connectivity index (χ1n) is 7.15. The lowest BCUT2D eigenvalue weighted by Gasteiger charge is -2.17. The summed E-state index contributed by atoms with van der Waals surface area (Å²) in [7, 11) is 0. The second-order valence-corrected chi connectivity index (χ2v) is 7.65. The van der Waals surface area contributed by atoms with Gasteiger partial charge in [0.15, 0.2) is 0 Å². The molecule has 1 aromatic carbocycles. The molecule has 1 aliphatic carbocycles. The minimum Gasteiger partial charge on any atom is -0.349 e. The average molecular weight is 366 g/mol. The summed E-state index contributed by atoms with van der Waals surface area (Å²) in [6.45, 7) is 0. The molecule has 4 nitrogen and oxygen atoms in total. The van der Waals surface area contributed by atoms with E-state index in [1.165, 1.54) is 16.9 Å². The van der Waals surface area contributed by atoms with E-state index in [0.29, 0.717) is 20.6 Å². The van der Waals surface area contributed by atoms with E-state index < -0.39 is 0 Å². The highest BCUT2D eigenvalue weighted by Crippen LogP contribution is 2.39. The van der Waals surface area contributed by atoms with Crippen LogP contribution in [0, 0.1) is 0 Å². The van der Waals surface area contributed by atoms with Crippen LogP contribution in [-0.4, -0.2) is 16.9 Å². The number of aromatic nitrogens is 1. The van der Waals surface area contributed by atoms with Crippen LogP contribution in [0.4, 0.5) is 0 Å². The van der Waals surface area contributed by atoms with E-state index in [1.807, 2.05) is 24.3 Å². The number of benzene rings is 1. The van der Waals surface area contributed by atoms with Crippen LogP contribution in [0.1, 0.15) is 27.7 Å². The Balaban J connectivity index is 1.56. The molecule has 1 unspecified atom stereocenters. The molecule has 1 amide bonds. The van der Waals surface area contributed by atoms with Crippen LogP contribution in [0.25, 0.3) is 10.2 Å². The fourth-order valence-corrected chi connectivity index (χ4v) is 4.54. The zero-order valence-electron chi connectivity index (χ0n) is 11.9. The number of carbonyl (C=O) groups excluding carboxylic acids is 1. The highest BCUT2D eigenvalue weighted by atomic mass is 35.5. The maximum Gasteiger partial charge on any atom is 0.268 e. The van der Waals surface area contributed by atoms with Crippen LogP contribution < -0.4 is 11.1 Å². The standard InChI is InChI=1S/C16H13Cl2N3OS/c17-12-14-11(23-15(12)18)6-10(20-14)16(22)21-9-5-7-3-1-2-4-8(7)13(9)19/h1-4,6,9,13,20H,5,19H2,(H,21,22)/t9-,13?/m1/s1. The van der Waals surface area contributed by atoms with Crippen LogP contribution in [0.15, 0.2) is 30.3 Å². The lowest BCUT2D eigenvalue weighted by Crippen LogP contribution is -2.40. The zero-order chi connectivity index (χ0) is 16.1. The third-order valence-corrected chi connectivity index (χ3v) is 6.15. The summed E-state index contributed by atoms with van der Waals surface area (Å²) in [5, 5.41) is 3.46. The van der Waals surface area contributed by atoms with E-state index in [0.717, 1.165) is 16.7 Å². The van der Waals surface area contributed by atoms with Crippen molar-refractivity contribution in [2.24, 2.45) is 5.73 Å². The molecule has 2 heterocycles. The summed E-state index contributed by atoms with van der Waals surface area (Å²) in [4.78, 5) is 15.5. The van der Waals surface area contributed by atoms with Gasteiger partial charge in [-0.15, -0.1) is 11.3 Å². The molecule has 3 aromatic rings. The van der Waals surface area contributed by atoms with Crippen molar-refractivity contribution in [3.05, 3.63) is 56.5 Å². The number of halogens is 2. The van der Waals surface area contributed by atoms with Gasteiger partial charge < -0.3 is 16.0 Å². The van der Waals surface area contributed by atoms with Crippen molar-refractivity contribution in [3.8, 4) is 0 Å². The number of nitrogens with two attached hydrogens (primary N) is 1. The highest BCUT2D eigenvalue weighted by Gasteiger charge is 2.31. The topological polar surface area (TPSA) is 70.9 Å². The van der Waals surface area contributed by atoms with E-state index in [-0.39, 0.29) is 18.0 Å². The Morgan fingerprint density at radius 3 is 2.87 bits per heavy atom. The molecule has 0 radical (unpaired) electrons. The summed E-state index contributed by atoms with van der Waals surface area (Å²) >= 11 is 13.4. The first kappa shape index (κ1) is 15.0. The number of fused-ring (bicyclic) bond motifs is 2. The third-order valence-electron chi connectivity index (χ3n) is 4.22. The van der Waals surface area contributed by atoms with Crippen LogP contribution in [0.3, 0.4) is 0 Å². The lowest BCUT2D eigenvalue weighted by molar-refractivity contribution is 0.0929. The zero-order valence-corrected chi connectivity index (χ0v) is 14.2. The smallest absolute Gasteiger partial charge is 0.268 e. The molecule has 2 atom stereocenters. The first-order chi connectivity index (χ1) is 11.0. The van der Waals surface area contributed by atoms with Crippen LogP contribution in [0.5, 0.6) is 0 Å². The van der Waals surface area contributed by atoms with Gasteiger partial charge in [-0.2, -0.15) is 0 Å². The van der Waals surface area contributed by atoms with Crippen molar-refractivity contribution in [1.29, 1.82) is 0 Å². The highest BCUT2D eigenvalue weighted by molar-refractivity contribution is 7.23. The number of rotatable bonds is 2. The Morgan fingerprint density at radius 2 is 2.13 bits per heavy atom. The summed E-state index contributed by atoms with van der Waals surface area (Å²) < 4.78 is 1.39. The van der Waals surface area contributed by atoms with Gasteiger partial charge in [0.2, 0.25) is 0 Å². The number of nitrogens with one attached hydrogen (secondary N) is 2. The molecule has 0 fully saturated rings. The molecule has 0 spiro atoms. The molecule has 118 valence electrons. The number of H-pyrrole nitrogens is 1. The molecule has 2 aromatic heterocycles. The van der Waals surface area contributed by atoms with E-state index in [1.54, 1.807) is 6.07 Å². The predicted octanol–water partition coefficient (Wildman–Crippen LogP) is 3.89. The Bertz CT molecular complexity index is 917. The molecule has 1 aliphatic rings. The summed E-state index contributed by atoms with van der Waals surface area (Å²) in [5.74, 6) is -0.186. The molecule has 7 heteroatoms. The van der Waals surface area contributed by atoms with E-state index in [2.05, 4.69) is 10.3 Å². The van der Waals surface area contributed by atoms with Gasteiger partial charge in [0, 0.05) is 0 Å². The molecule has 23 heavy (non-hydrogen) atoms. The van der Waals surface area contributed by atoms with Crippen molar-refractivity contribution in [2.75, 3.05) is 0 Å². The molecule has 4 rings (SSSR count). The normalized spacial score (nSPS) is 20.0. The average Bonchev–Trinajstić information content (AvgIpc) is 3.16. The fourth-order valence-electron chi connectivity index (χ4n) is 3.05. The first-order valence-corrected chi connectivity index (χ1v) is 8.72. The van der Waals surface area contributed by atoms with Crippen molar-refractivity contribution in [2.45, 2.75) is 18.5 Å². The Labute approximate surface area is 146 Å². The number of hydrogen-bond acceptors (Lipinski definition) is 3. The van der Waals surface area contributed by atoms with Crippen molar-refractivity contribution in [3.63, 3.8) is 0 Å². The summed E-state index contributed by atoms with van der Waals surface area (Å²) in [6, 6.07) is 9.48. The second kappa shape index (κ2) is 5.53. The van der Waals surface area contributed by atoms with Crippen molar-refractivity contribution >= 4 is 50.7 Å². The van der Waals surface area contributed by atoms with Crippen LogP contribution in [-0.2, 0) is 6.42 Å². The molecule has 0 bridgehead atoms. The van der Waals surface area contributed by atoms with Crippen LogP contribution >= 0.6 is 34.5 Å². The summed E-state index contributed by atoms with van der Waals surface area (Å²) in [6.07, 6.45) is 0.741. The third kappa shape index (κ3) is 2.44. The molecule has 0 saturated carbocycles. The largest absolute Gasteiger partial charge is 0.349 e. The lowest BCUT2D eigenvalue weighted by atomic mass is 10.1. The maximum absolute atomic E-state index is 12.5. The maximum atomic E-state index is 12.5. The molecule has 4 N–H and O–H groups in total. The Morgan fingerprint density at radius 1 is 1.35 bits per heavy atom. The van der Waals surface area contributed by atoms with Gasteiger partial charge in [-0.05, 0) is 23.6 Å². The van der Waals surface area contributed by atoms with Gasteiger partial charge in [-0.25, -0.2) is 0 Å². The Kier molecular flexibility index (Phi) is 3.61. The fraction of sp³-hybridized carbons (Fsp3) is 0.188. The van der Waals surface area contributed by atoms with Crippen LogP contribution in [0.2, 0.25) is 9.36 Å². The molecule has 0 saturated heterocycles. The van der Waals surface area contributed by atoms with Gasteiger partial charge in [0.05, 0.1) is 27.3 Å². The van der Waals surface area contributed by atoms with E-state index >= 15 is 0 Å². The molecular formula is C16H13Cl2N3OS. The number of amides is 1. The van der Waals surface area contributed by atoms with Gasteiger partial charge in [0.25, 0.3) is 5.91 Å². The summed E-state index contributed by atoms with van der Waals surface area (Å²) in [5.41, 5.74) is 9.71. The number of aromatic amines is 1. The number of hydrogen-bond donors (Lipinski definition) is 3. The van der Waals surface area contributed by atoms with Gasteiger partial charge in [0.1, 0.15) is 10.0 Å². The molecular weight excluding hydrogens is 353 g/mol. The quantitative estimate of drug-likeness (QED) is 0.644. The Hall–Kier alpha value is -1.53. The predicted molar refractivity (Wildman–Crippen MR) is 94.5 cm³/mol. The molecule has 0 aliphatic heterocycles. The van der Waals surface area contributed by atoms with Gasteiger partial charge >= 0.3 is 0 Å². The van der Waals surface area contributed by atoms with E-state index in [4.69, 9.17) is 28.9 Å².